The molecule has 1 aliphatic heterocycles. The Morgan fingerprint density at radius 1 is 1.21 bits per heavy atom. The lowest BCUT2D eigenvalue weighted by Crippen LogP contribution is -2.47. The van der Waals surface area contributed by atoms with Gasteiger partial charge in [0.1, 0.15) is 6.04 Å². The largest absolute Gasteiger partial charge is 0.352 e. The second kappa shape index (κ2) is 6.23. The SMILES string of the molecule is O=C(NC1CC1)C1CCCN1C(=O)Cc1cnc2ccccc2c1. The van der Waals surface area contributed by atoms with Gasteiger partial charge in [0, 0.05) is 24.2 Å². The van der Waals surface area contributed by atoms with Gasteiger partial charge < -0.3 is 10.2 Å². The van der Waals surface area contributed by atoms with Crippen LogP contribution in [0.1, 0.15) is 31.2 Å². The van der Waals surface area contributed by atoms with E-state index in [0.29, 0.717) is 19.0 Å². The second-order valence-corrected chi connectivity index (χ2v) is 6.74. The molecule has 1 saturated heterocycles. The number of rotatable bonds is 4. The topological polar surface area (TPSA) is 62.3 Å². The third-order valence-corrected chi connectivity index (χ3v) is 4.80. The van der Waals surface area contributed by atoms with Crippen LogP contribution in [-0.4, -0.2) is 40.3 Å². The van der Waals surface area contributed by atoms with Crippen LogP contribution in [-0.2, 0) is 16.0 Å². The van der Waals surface area contributed by atoms with Crippen molar-refractivity contribution in [3.8, 4) is 0 Å². The van der Waals surface area contributed by atoms with Crippen LogP contribution in [0.5, 0.6) is 0 Å². The minimum atomic E-state index is -0.300. The van der Waals surface area contributed by atoms with E-state index in [2.05, 4.69) is 10.3 Å². The molecule has 2 fully saturated rings. The molecule has 5 heteroatoms. The van der Waals surface area contributed by atoms with Crippen LogP contribution in [0.2, 0.25) is 0 Å². The minimum absolute atomic E-state index is 0.0139. The molecule has 4 rings (SSSR count). The normalized spacial score (nSPS) is 20.3. The molecule has 1 aromatic carbocycles. The van der Waals surface area contributed by atoms with E-state index in [0.717, 1.165) is 42.1 Å². The summed E-state index contributed by atoms with van der Waals surface area (Å²) in [6.45, 7) is 0.669. The summed E-state index contributed by atoms with van der Waals surface area (Å²) in [6.07, 6.45) is 5.84. The van der Waals surface area contributed by atoms with E-state index in [4.69, 9.17) is 0 Å². The minimum Gasteiger partial charge on any atom is -0.352 e. The Kier molecular flexibility index (Phi) is 3.92. The number of fused-ring (bicyclic) bond motifs is 1. The maximum absolute atomic E-state index is 12.7. The zero-order valence-corrected chi connectivity index (χ0v) is 13.6. The first-order valence-electron chi connectivity index (χ1n) is 8.64. The van der Waals surface area contributed by atoms with Crippen molar-refractivity contribution in [2.45, 2.75) is 44.2 Å². The molecular formula is C19H21N3O2. The van der Waals surface area contributed by atoms with Crippen LogP contribution in [0.4, 0.5) is 0 Å². The fourth-order valence-electron chi connectivity index (χ4n) is 3.35. The molecule has 5 nitrogen and oxygen atoms in total. The lowest BCUT2D eigenvalue weighted by atomic mass is 10.1. The molecule has 2 heterocycles. The van der Waals surface area contributed by atoms with E-state index in [1.807, 2.05) is 30.3 Å². The van der Waals surface area contributed by atoms with Gasteiger partial charge >= 0.3 is 0 Å². The standard InChI is InChI=1S/C19H21N3O2/c23-18(11-13-10-14-4-1-2-5-16(14)20-12-13)22-9-3-6-17(22)19(24)21-15-7-8-15/h1-2,4-5,10,12,15,17H,3,6-9,11H2,(H,21,24). The molecule has 2 aromatic rings. The van der Waals surface area contributed by atoms with E-state index >= 15 is 0 Å². The van der Waals surface area contributed by atoms with Crippen molar-refractivity contribution in [3.05, 3.63) is 42.1 Å². The summed E-state index contributed by atoms with van der Waals surface area (Å²) in [7, 11) is 0. The molecule has 1 N–H and O–H groups in total. The number of amides is 2. The number of benzene rings is 1. The average molecular weight is 323 g/mol. The number of carbonyl (C=O) groups excluding carboxylic acids is 2. The van der Waals surface area contributed by atoms with Gasteiger partial charge in [-0.3, -0.25) is 14.6 Å². The fourth-order valence-corrected chi connectivity index (χ4v) is 3.35. The summed E-state index contributed by atoms with van der Waals surface area (Å²) >= 11 is 0. The van der Waals surface area contributed by atoms with Crippen LogP contribution in [0.15, 0.2) is 36.5 Å². The van der Waals surface area contributed by atoms with Crippen LogP contribution in [0, 0.1) is 0 Å². The molecule has 0 radical (unpaired) electrons. The third-order valence-electron chi connectivity index (χ3n) is 4.80. The maximum Gasteiger partial charge on any atom is 0.243 e. The summed E-state index contributed by atoms with van der Waals surface area (Å²) < 4.78 is 0. The number of para-hydroxylation sites is 1. The molecule has 1 aliphatic carbocycles. The Bertz CT molecular complexity index is 785. The molecule has 2 amide bonds. The van der Waals surface area contributed by atoms with Crippen molar-refractivity contribution in [3.63, 3.8) is 0 Å². The monoisotopic (exact) mass is 323 g/mol. The summed E-state index contributed by atoms with van der Waals surface area (Å²) in [5, 5.41) is 4.06. The third kappa shape index (κ3) is 3.11. The quantitative estimate of drug-likeness (QED) is 0.937. The van der Waals surface area contributed by atoms with Crippen LogP contribution < -0.4 is 5.32 Å². The molecule has 2 aliphatic rings. The lowest BCUT2D eigenvalue weighted by molar-refractivity contribution is -0.138. The van der Waals surface area contributed by atoms with Crippen molar-refractivity contribution in [2.75, 3.05) is 6.54 Å². The number of hydrogen-bond acceptors (Lipinski definition) is 3. The highest BCUT2D eigenvalue weighted by Crippen LogP contribution is 2.23. The second-order valence-electron chi connectivity index (χ2n) is 6.74. The molecule has 124 valence electrons. The van der Waals surface area contributed by atoms with Crippen LogP contribution >= 0.6 is 0 Å². The van der Waals surface area contributed by atoms with Gasteiger partial charge in [0.25, 0.3) is 0 Å². The summed E-state index contributed by atoms with van der Waals surface area (Å²) in [5.41, 5.74) is 1.82. The van der Waals surface area contributed by atoms with Gasteiger partial charge in [-0.05, 0) is 43.4 Å². The van der Waals surface area contributed by atoms with E-state index in [-0.39, 0.29) is 17.9 Å². The van der Waals surface area contributed by atoms with E-state index in [1.54, 1.807) is 11.1 Å². The van der Waals surface area contributed by atoms with Crippen molar-refractivity contribution < 1.29 is 9.59 Å². The molecule has 0 spiro atoms. The number of nitrogens with one attached hydrogen (secondary N) is 1. The highest BCUT2D eigenvalue weighted by molar-refractivity contribution is 5.89. The van der Waals surface area contributed by atoms with E-state index < -0.39 is 0 Å². The Labute approximate surface area is 141 Å². The number of aromatic nitrogens is 1. The van der Waals surface area contributed by atoms with Crippen molar-refractivity contribution in [1.29, 1.82) is 0 Å². The Morgan fingerprint density at radius 2 is 2.04 bits per heavy atom. The van der Waals surface area contributed by atoms with Gasteiger partial charge in [-0.2, -0.15) is 0 Å². The van der Waals surface area contributed by atoms with Gasteiger partial charge in [0.05, 0.1) is 11.9 Å². The first-order valence-corrected chi connectivity index (χ1v) is 8.64. The van der Waals surface area contributed by atoms with Crippen LogP contribution in [0.3, 0.4) is 0 Å². The average Bonchev–Trinajstić information content (AvgIpc) is 3.26. The molecule has 24 heavy (non-hydrogen) atoms. The highest BCUT2D eigenvalue weighted by Gasteiger charge is 2.36. The first-order chi connectivity index (χ1) is 11.7. The van der Waals surface area contributed by atoms with Gasteiger partial charge in [-0.15, -0.1) is 0 Å². The molecule has 1 atom stereocenters. The predicted octanol–water partition coefficient (Wildman–Crippen LogP) is 2.05. The molecular weight excluding hydrogens is 302 g/mol. The number of pyridine rings is 1. The first kappa shape index (κ1) is 15.1. The van der Waals surface area contributed by atoms with Gasteiger partial charge in [-0.25, -0.2) is 0 Å². The number of carbonyl (C=O) groups is 2. The predicted molar refractivity (Wildman–Crippen MR) is 91.3 cm³/mol. The highest BCUT2D eigenvalue weighted by atomic mass is 16.2. The molecule has 1 saturated carbocycles. The summed E-state index contributed by atoms with van der Waals surface area (Å²) in [4.78, 5) is 31.2. The van der Waals surface area contributed by atoms with Gasteiger partial charge in [0.15, 0.2) is 0 Å². The molecule has 1 aromatic heterocycles. The van der Waals surface area contributed by atoms with Crippen molar-refractivity contribution >= 4 is 22.7 Å². The smallest absolute Gasteiger partial charge is 0.243 e. The number of hydrogen-bond donors (Lipinski definition) is 1. The fraction of sp³-hybridized carbons (Fsp3) is 0.421. The van der Waals surface area contributed by atoms with Crippen molar-refractivity contribution in [1.82, 2.24) is 15.2 Å². The van der Waals surface area contributed by atoms with Crippen LogP contribution in [0.25, 0.3) is 10.9 Å². The summed E-state index contributed by atoms with van der Waals surface area (Å²) in [6, 6.07) is 9.92. The Hall–Kier alpha value is -2.43. The van der Waals surface area contributed by atoms with E-state index in [1.165, 1.54) is 0 Å². The summed E-state index contributed by atoms with van der Waals surface area (Å²) in [5.74, 6) is 0.0283. The van der Waals surface area contributed by atoms with Crippen molar-refractivity contribution in [2.24, 2.45) is 0 Å². The van der Waals surface area contributed by atoms with Gasteiger partial charge in [0.2, 0.25) is 11.8 Å². The molecule has 0 bridgehead atoms. The Morgan fingerprint density at radius 3 is 2.88 bits per heavy atom. The zero-order valence-electron chi connectivity index (χ0n) is 13.6. The Balaban J connectivity index is 1.46. The number of likely N-dealkylation sites (tertiary alicyclic amines) is 1. The lowest BCUT2D eigenvalue weighted by Gasteiger charge is -2.24. The number of nitrogens with zero attached hydrogens (tertiary/aromatic N) is 2. The van der Waals surface area contributed by atoms with Gasteiger partial charge in [-0.1, -0.05) is 18.2 Å². The van der Waals surface area contributed by atoms with E-state index in [9.17, 15) is 9.59 Å². The maximum atomic E-state index is 12.7. The zero-order chi connectivity index (χ0) is 16.5. The molecule has 1 unspecified atom stereocenters.